The molecule has 0 amide bonds. The van der Waals surface area contributed by atoms with Crippen molar-refractivity contribution in [3.05, 3.63) is 41.4 Å². The van der Waals surface area contributed by atoms with Crippen molar-refractivity contribution in [3.8, 4) is 0 Å². The Balaban J connectivity index is 1.74. The van der Waals surface area contributed by atoms with E-state index in [1.807, 2.05) is 30.6 Å². The van der Waals surface area contributed by atoms with Crippen molar-refractivity contribution in [2.45, 2.75) is 58.0 Å². The molecule has 7 heteroatoms. The van der Waals surface area contributed by atoms with E-state index in [2.05, 4.69) is 28.7 Å². The van der Waals surface area contributed by atoms with Crippen LogP contribution in [0.5, 0.6) is 0 Å². The Morgan fingerprint density at radius 3 is 2.82 bits per heavy atom. The average Bonchev–Trinajstić information content (AvgIpc) is 3.08. The first-order valence-electron chi connectivity index (χ1n) is 10.0. The summed E-state index contributed by atoms with van der Waals surface area (Å²) in [5.74, 6) is 1.97. The molecule has 1 aliphatic carbocycles. The highest BCUT2D eigenvalue weighted by molar-refractivity contribution is 6.30. The highest BCUT2D eigenvalue weighted by Gasteiger charge is 2.24. The van der Waals surface area contributed by atoms with Gasteiger partial charge in [-0.1, -0.05) is 30.5 Å². The summed E-state index contributed by atoms with van der Waals surface area (Å²) >= 11 is 6.14. The third-order valence-electron chi connectivity index (χ3n) is 5.52. The lowest BCUT2D eigenvalue weighted by Crippen LogP contribution is -2.34. The fourth-order valence-electron chi connectivity index (χ4n) is 3.95. The number of nitrogens with two attached hydrogens (primary N) is 1. The summed E-state index contributed by atoms with van der Waals surface area (Å²) in [7, 11) is 0. The van der Waals surface area contributed by atoms with E-state index < -0.39 is 0 Å². The second-order valence-electron chi connectivity index (χ2n) is 7.95. The normalized spacial score (nSPS) is 20.0. The molecule has 4 rings (SSSR count). The van der Waals surface area contributed by atoms with Crippen LogP contribution in [-0.4, -0.2) is 25.6 Å². The molecule has 28 heavy (non-hydrogen) atoms. The van der Waals surface area contributed by atoms with Gasteiger partial charge in [0.2, 0.25) is 0 Å². The molecule has 0 aliphatic heterocycles. The standard InChI is InChI=1S/C21H27ClN6/c1-13(2)28-12-24-19-20(25-16-8-5-7-15(22)11-16)26-18(27-21(19)28)10-14-6-3-4-9-17(14)23/h5,7-8,11-14,17H,3-4,6,9-10,23H2,1-2H3,(H,25,26,27)/t14-,17-/m0/s1. The van der Waals surface area contributed by atoms with Crippen LogP contribution in [-0.2, 0) is 6.42 Å². The van der Waals surface area contributed by atoms with Gasteiger partial charge in [-0.2, -0.15) is 0 Å². The molecule has 3 N–H and O–H groups in total. The van der Waals surface area contributed by atoms with Crippen LogP contribution in [0, 0.1) is 5.92 Å². The fourth-order valence-corrected chi connectivity index (χ4v) is 4.14. The van der Waals surface area contributed by atoms with Gasteiger partial charge in [-0.05, 0) is 50.8 Å². The summed E-state index contributed by atoms with van der Waals surface area (Å²) in [5.41, 5.74) is 8.88. The van der Waals surface area contributed by atoms with Crippen molar-refractivity contribution in [2.24, 2.45) is 11.7 Å². The number of hydrogen-bond acceptors (Lipinski definition) is 5. The molecule has 2 heterocycles. The molecule has 2 aromatic heterocycles. The second kappa shape index (κ2) is 8.05. The molecule has 0 spiro atoms. The molecular formula is C21H27ClN6. The Bertz CT molecular complexity index is 967. The smallest absolute Gasteiger partial charge is 0.166 e. The van der Waals surface area contributed by atoms with Crippen LogP contribution < -0.4 is 11.1 Å². The van der Waals surface area contributed by atoms with Gasteiger partial charge in [0.15, 0.2) is 17.0 Å². The zero-order valence-electron chi connectivity index (χ0n) is 16.4. The van der Waals surface area contributed by atoms with Crippen molar-refractivity contribution in [1.29, 1.82) is 0 Å². The number of nitrogens with zero attached hydrogens (tertiary/aromatic N) is 4. The van der Waals surface area contributed by atoms with Gasteiger partial charge in [-0.25, -0.2) is 15.0 Å². The van der Waals surface area contributed by atoms with Gasteiger partial charge in [0, 0.05) is 29.2 Å². The van der Waals surface area contributed by atoms with E-state index in [-0.39, 0.29) is 12.1 Å². The lowest BCUT2D eigenvalue weighted by molar-refractivity contribution is 0.302. The number of hydrogen-bond donors (Lipinski definition) is 2. The van der Waals surface area contributed by atoms with Crippen molar-refractivity contribution >= 4 is 34.3 Å². The minimum absolute atomic E-state index is 0.229. The number of fused-ring (bicyclic) bond motifs is 1. The zero-order chi connectivity index (χ0) is 19.7. The Morgan fingerprint density at radius 1 is 1.25 bits per heavy atom. The van der Waals surface area contributed by atoms with Crippen LogP contribution in [0.25, 0.3) is 11.2 Å². The average molecular weight is 399 g/mol. The van der Waals surface area contributed by atoms with E-state index in [4.69, 9.17) is 27.3 Å². The number of anilines is 2. The van der Waals surface area contributed by atoms with E-state index >= 15 is 0 Å². The Hall–Kier alpha value is -2.18. The molecule has 2 atom stereocenters. The first-order chi connectivity index (χ1) is 13.5. The largest absolute Gasteiger partial charge is 0.338 e. The number of nitrogens with one attached hydrogen (secondary N) is 1. The Labute approximate surface area is 170 Å². The topological polar surface area (TPSA) is 81.7 Å². The first kappa shape index (κ1) is 19.2. The highest BCUT2D eigenvalue weighted by atomic mass is 35.5. The van der Waals surface area contributed by atoms with E-state index in [1.54, 1.807) is 0 Å². The maximum Gasteiger partial charge on any atom is 0.166 e. The van der Waals surface area contributed by atoms with Crippen LogP contribution in [0.4, 0.5) is 11.5 Å². The van der Waals surface area contributed by atoms with E-state index in [9.17, 15) is 0 Å². The predicted octanol–water partition coefficient (Wildman–Crippen LogP) is 4.86. The fraction of sp³-hybridized carbons (Fsp3) is 0.476. The van der Waals surface area contributed by atoms with Gasteiger partial charge in [0.05, 0.1) is 6.33 Å². The molecule has 1 aliphatic rings. The van der Waals surface area contributed by atoms with E-state index in [0.29, 0.717) is 16.8 Å². The minimum atomic E-state index is 0.229. The van der Waals surface area contributed by atoms with Crippen molar-refractivity contribution in [3.63, 3.8) is 0 Å². The highest BCUT2D eigenvalue weighted by Crippen LogP contribution is 2.29. The van der Waals surface area contributed by atoms with Crippen LogP contribution in [0.2, 0.25) is 5.02 Å². The number of benzene rings is 1. The summed E-state index contributed by atoms with van der Waals surface area (Å²) in [4.78, 5) is 14.3. The monoisotopic (exact) mass is 398 g/mol. The molecule has 148 valence electrons. The maximum absolute atomic E-state index is 6.37. The number of halogens is 1. The van der Waals surface area contributed by atoms with E-state index in [1.165, 1.54) is 12.8 Å². The Morgan fingerprint density at radius 2 is 2.07 bits per heavy atom. The number of imidazole rings is 1. The molecule has 6 nitrogen and oxygen atoms in total. The lowest BCUT2D eigenvalue weighted by Gasteiger charge is -2.28. The molecular weight excluding hydrogens is 372 g/mol. The molecule has 1 saturated carbocycles. The van der Waals surface area contributed by atoms with E-state index in [0.717, 1.165) is 41.9 Å². The quantitative estimate of drug-likeness (QED) is 0.641. The first-order valence-corrected chi connectivity index (χ1v) is 10.4. The minimum Gasteiger partial charge on any atom is -0.338 e. The molecule has 1 aromatic carbocycles. The number of aromatic nitrogens is 4. The van der Waals surface area contributed by atoms with Crippen LogP contribution in [0.1, 0.15) is 51.4 Å². The maximum atomic E-state index is 6.37. The second-order valence-corrected chi connectivity index (χ2v) is 8.39. The predicted molar refractivity (Wildman–Crippen MR) is 114 cm³/mol. The van der Waals surface area contributed by atoms with Crippen molar-refractivity contribution in [1.82, 2.24) is 19.5 Å². The van der Waals surface area contributed by atoms with Gasteiger partial charge in [0.25, 0.3) is 0 Å². The van der Waals surface area contributed by atoms with Crippen LogP contribution in [0.15, 0.2) is 30.6 Å². The van der Waals surface area contributed by atoms with Crippen LogP contribution in [0.3, 0.4) is 0 Å². The summed E-state index contributed by atoms with van der Waals surface area (Å²) in [6.07, 6.45) is 7.32. The summed E-state index contributed by atoms with van der Waals surface area (Å²) in [6, 6.07) is 8.11. The summed E-state index contributed by atoms with van der Waals surface area (Å²) < 4.78 is 2.09. The zero-order valence-corrected chi connectivity index (χ0v) is 17.2. The molecule has 0 bridgehead atoms. The van der Waals surface area contributed by atoms with Crippen molar-refractivity contribution in [2.75, 3.05) is 5.32 Å². The summed E-state index contributed by atoms with van der Waals surface area (Å²) in [6.45, 7) is 4.26. The number of rotatable bonds is 5. The van der Waals surface area contributed by atoms with Crippen molar-refractivity contribution < 1.29 is 0 Å². The third kappa shape index (κ3) is 3.98. The van der Waals surface area contributed by atoms with Gasteiger partial charge >= 0.3 is 0 Å². The molecule has 0 unspecified atom stereocenters. The van der Waals surface area contributed by atoms with Crippen LogP contribution >= 0.6 is 11.6 Å². The van der Waals surface area contributed by atoms with Gasteiger partial charge in [-0.3, -0.25) is 0 Å². The lowest BCUT2D eigenvalue weighted by atomic mass is 9.83. The summed E-state index contributed by atoms with van der Waals surface area (Å²) in [5, 5.41) is 4.06. The Kier molecular flexibility index (Phi) is 5.51. The van der Waals surface area contributed by atoms with Gasteiger partial charge in [0.1, 0.15) is 5.82 Å². The molecule has 1 fully saturated rings. The molecule has 3 aromatic rings. The molecule has 0 saturated heterocycles. The third-order valence-corrected chi connectivity index (χ3v) is 5.76. The van der Waals surface area contributed by atoms with Gasteiger partial charge in [-0.15, -0.1) is 0 Å². The SMILES string of the molecule is CC(C)n1cnc2c(Nc3cccc(Cl)c3)nc(C[C@@H]3CCCC[C@@H]3N)nc21. The molecule has 0 radical (unpaired) electrons. The van der Waals surface area contributed by atoms with Gasteiger partial charge < -0.3 is 15.6 Å².